The van der Waals surface area contributed by atoms with E-state index in [9.17, 15) is 14.7 Å². The van der Waals surface area contributed by atoms with E-state index >= 15 is 0 Å². The number of thiophene rings is 2. The van der Waals surface area contributed by atoms with Crippen molar-refractivity contribution in [3.8, 4) is 11.1 Å². The Morgan fingerprint density at radius 3 is 2.62 bits per heavy atom. The molecule has 0 saturated heterocycles. The molecule has 3 heterocycles. The second-order valence-corrected chi connectivity index (χ2v) is 7.57. The number of nitrogens with one attached hydrogen (secondary N) is 1. The van der Waals surface area contributed by atoms with Gasteiger partial charge in [0.2, 0.25) is 5.91 Å². The molecule has 2 N–H and O–H groups in total. The van der Waals surface area contributed by atoms with E-state index in [1.807, 2.05) is 47.8 Å². The quantitative estimate of drug-likeness (QED) is 0.719. The first-order chi connectivity index (χ1) is 11.6. The first kappa shape index (κ1) is 15.1. The van der Waals surface area contributed by atoms with Crippen LogP contribution in [0.2, 0.25) is 0 Å². The number of carboxylic acids is 1. The van der Waals surface area contributed by atoms with Crippen LogP contribution in [0.5, 0.6) is 0 Å². The standard InChI is InChI=1S/C18H13NO3S2/c20-13-9-11(12-7-4-8-23-12)16-15(19-13)14(17(24-16)18(21)22)10-5-2-1-3-6-10/h1-8,11H,9H2,(H,19,20)(H,21,22)/t11-/m0/s1. The summed E-state index contributed by atoms with van der Waals surface area (Å²) >= 11 is 2.86. The molecule has 1 aliphatic rings. The Kier molecular flexibility index (Phi) is 3.70. The van der Waals surface area contributed by atoms with Crippen molar-refractivity contribution in [2.45, 2.75) is 12.3 Å². The van der Waals surface area contributed by atoms with Crippen LogP contribution in [0.15, 0.2) is 47.8 Å². The van der Waals surface area contributed by atoms with Crippen LogP contribution in [0.25, 0.3) is 11.1 Å². The molecule has 0 fully saturated rings. The molecule has 0 bridgehead atoms. The maximum Gasteiger partial charge on any atom is 0.346 e. The van der Waals surface area contributed by atoms with Gasteiger partial charge in [0, 0.05) is 27.7 Å². The summed E-state index contributed by atoms with van der Waals surface area (Å²) in [6, 6.07) is 13.3. The Morgan fingerprint density at radius 1 is 1.17 bits per heavy atom. The Labute approximate surface area is 146 Å². The number of amides is 1. The van der Waals surface area contributed by atoms with Gasteiger partial charge in [0.05, 0.1) is 5.69 Å². The number of benzene rings is 1. The summed E-state index contributed by atoms with van der Waals surface area (Å²) in [5.41, 5.74) is 2.07. The van der Waals surface area contributed by atoms with Gasteiger partial charge in [0.15, 0.2) is 0 Å². The number of rotatable bonds is 3. The molecule has 6 heteroatoms. The predicted molar refractivity (Wildman–Crippen MR) is 96.1 cm³/mol. The summed E-state index contributed by atoms with van der Waals surface area (Å²) < 4.78 is 0. The molecule has 0 radical (unpaired) electrons. The summed E-state index contributed by atoms with van der Waals surface area (Å²) in [7, 11) is 0. The van der Waals surface area contributed by atoms with Crippen LogP contribution in [0, 0.1) is 0 Å². The van der Waals surface area contributed by atoms with Gasteiger partial charge in [-0.25, -0.2) is 4.79 Å². The maximum atomic E-state index is 12.2. The minimum absolute atomic E-state index is 0.0747. The van der Waals surface area contributed by atoms with Crippen LogP contribution in [0.4, 0.5) is 5.69 Å². The van der Waals surface area contributed by atoms with Gasteiger partial charge in [-0.3, -0.25) is 4.79 Å². The van der Waals surface area contributed by atoms with Crippen molar-refractivity contribution in [1.29, 1.82) is 0 Å². The number of hydrogen-bond acceptors (Lipinski definition) is 4. The smallest absolute Gasteiger partial charge is 0.346 e. The molecule has 1 amide bonds. The van der Waals surface area contributed by atoms with E-state index in [1.165, 1.54) is 11.3 Å². The highest BCUT2D eigenvalue weighted by Crippen LogP contribution is 2.49. The van der Waals surface area contributed by atoms with Crippen molar-refractivity contribution in [3.63, 3.8) is 0 Å². The van der Waals surface area contributed by atoms with Crippen molar-refractivity contribution >= 4 is 40.2 Å². The molecular formula is C18H13NO3S2. The van der Waals surface area contributed by atoms with Crippen molar-refractivity contribution in [2.75, 3.05) is 5.32 Å². The van der Waals surface area contributed by atoms with Crippen molar-refractivity contribution in [3.05, 3.63) is 62.5 Å². The molecule has 1 atom stereocenters. The maximum absolute atomic E-state index is 12.2. The molecule has 2 aromatic heterocycles. The molecule has 0 saturated carbocycles. The third-order valence-corrected chi connectivity index (χ3v) is 6.33. The Balaban J connectivity index is 1.96. The van der Waals surface area contributed by atoms with Gasteiger partial charge >= 0.3 is 5.97 Å². The Morgan fingerprint density at radius 2 is 1.96 bits per heavy atom. The first-order valence-corrected chi connectivity index (χ1v) is 9.13. The molecule has 24 heavy (non-hydrogen) atoms. The normalized spacial score (nSPS) is 16.5. The lowest BCUT2D eigenvalue weighted by Gasteiger charge is -2.22. The topological polar surface area (TPSA) is 66.4 Å². The molecule has 120 valence electrons. The SMILES string of the molecule is O=C1C[C@@H](c2cccs2)c2sc(C(=O)O)c(-c3ccccc3)c2N1. The summed E-state index contributed by atoms with van der Waals surface area (Å²) in [6.07, 6.45) is 0.349. The zero-order chi connectivity index (χ0) is 16.7. The molecule has 1 aromatic carbocycles. The van der Waals surface area contributed by atoms with Crippen LogP contribution in [-0.2, 0) is 4.79 Å². The fourth-order valence-corrected chi connectivity index (χ4v) is 5.19. The largest absolute Gasteiger partial charge is 0.477 e. The van der Waals surface area contributed by atoms with Crippen LogP contribution < -0.4 is 5.32 Å². The summed E-state index contributed by atoms with van der Waals surface area (Å²) in [5, 5.41) is 14.5. The second-order valence-electron chi connectivity index (χ2n) is 5.54. The van der Waals surface area contributed by atoms with E-state index in [1.54, 1.807) is 11.3 Å². The molecular weight excluding hydrogens is 342 g/mol. The summed E-state index contributed by atoms with van der Waals surface area (Å²) in [6.45, 7) is 0. The Bertz CT molecular complexity index is 913. The summed E-state index contributed by atoms with van der Waals surface area (Å²) in [5.74, 6) is -1.12. The van der Waals surface area contributed by atoms with E-state index < -0.39 is 5.97 Å². The average Bonchev–Trinajstić information content (AvgIpc) is 3.22. The van der Waals surface area contributed by atoms with Gasteiger partial charge in [-0.1, -0.05) is 36.4 Å². The molecule has 4 rings (SSSR count). The lowest BCUT2D eigenvalue weighted by Crippen LogP contribution is -2.22. The van der Waals surface area contributed by atoms with E-state index in [0.717, 1.165) is 15.3 Å². The number of anilines is 1. The Hall–Kier alpha value is -2.44. The highest BCUT2D eigenvalue weighted by molar-refractivity contribution is 7.15. The average molecular weight is 355 g/mol. The monoisotopic (exact) mass is 355 g/mol. The number of carboxylic acid groups (broad SMARTS) is 1. The molecule has 0 aliphatic carbocycles. The van der Waals surface area contributed by atoms with Gasteiger partial charge in [0.25, 0.3) is 0 Å². The third-order valence-electron chi connectivity index (χ3n) is 4.05. The second kappa shape index (κ2) is 5.89. The minimum Gasteiger partial charge on any atom is -0.477 e. The van der Waals surface area contributed by atoms with Crippen molar-refractivity contribution < 1.29 is 14.7 Å². The van der Waals surface area contributed by atoms with E-state index in [-0.39, 0.29) is 16.7 Å². The zero-order valence-corrected chi connectivity index (χ0v) is 14.1. The highest BCUT2D eigenvalue weighted by atomic mass is 32.1. The van der Waals surface area contributed by atoms with Crippen molar-refractivity contribution in [2.24, 2.45) is 0 Å². The summed E-state index contributed by atoms with van der Waals surface area (Å²) in [4.78, 5) is 26.3. The van der Waals surface area contributed by atoms with E-state index in [0.29, 0.717) is 17.7 Å². The number of carbonyl (C=O) groups is 2. The highest BCUT2D eigenvalue weighted by Gasteiger charge is 2.34. The van der Waals surface area contributed by atoms with Crippen molar-refractivity contribution in [1.82, 2.24) is 0 Å². The minimum atomic E-state index is -0.965. The van der Waals surface area contributed by atoms with Crippen LogP contribution in [-0.4, -0.2) is 17.0 Å². The van der Waals surface area contributed by atoms with Gasteiger partial charge in [-0.05, 0) is 17.0 Å². The van der Waals surface area contributed by atoms with Gasteiger partial charge in [0.1, 0.15) is 4.88 Å². The van der Waals surface area contributed by atoms with Gasteiger partial charge < -0.3 is 10.4 Å². The van der Waals surface area contributed by atoms with Crippen LogP contribution in [0.3, 0.4) is 0 Å². The zero-order valence-electron chi connectivity index (χ0n) is 12.5. The lowest BCUT2D eigenvalue weighted by molar-refractivity contribution is -0.116. The number of fused-ring (bicyclic) bond motifs is 1. The van der Waals surface area contributed by atoms with E-state index in [2.05, 4.69) is 5.32 Å². The number of carbonyl (C=O) groups excluding carboxylic acids is 1. The van der Waals surface area contributed by atoms with Crippen LogP contribution in [0.1, 0.15) is 31.8 Å². The molecule has 4 nitrogen and oxygen atoms in total. The number of hydrogen-bond donors (Lipinski definition) is 2. The molecule has 0 spiro atoms. The predicted octanol–water partition coefficient (Wildman–Crippen LogP) is 4.65. The lowest BCUT2D eigenvalue weighted by atomic mass is 9.93. The molecule has 1 aliphatic heterocycles. The molecule has 0 unspecified atom stereocenters. The van der Waals surface area contributed by atoms with Gasteiger partial charge in [-0.2, -0.15) is 0 Å². The molecule has 3 aromatic rings. The third kappa shape index (κ3) is 2.44. The fraction of sp³-hybridized carbons (Fsp3) is 0.111. The number of aromatic carboxylic acids is 1. The van der Waals surface area contributed by atoms with Crippen LogP contribution >= 0.6 is 22.7 Å². The van der Waals surface area contributed by atoms with E-state index in [4.69, 9.17) is 0 Å². The fourth-order valence-electron chi connectivity index (χ4n) is 3.04. The van der Waals surface area contributed by atoms with Gasteiger partial charge in [-0.15, -0.1) is 22.7 Å². The first-order valence-electron chi connectivity index (χ1n) is 7.44.